The Labute approximate surface area is 746 Å². The van der Waals surface area contributed by atoms with Crippen molar-refractivity contribution in [1.82, 2.24) is 49.8 Å². The van der Waals surface area contributed by atoms with E-state index in [1.807, 2.05) is 134 Å². The molecule has 1 saturated heterocycles. The van der Waals surface area contributed by atoms with Gasteiger partial charge >= 0.3 is 6.18 Å². The summed E-state index contributed by atoms with van der Waals surface area (Å²) in [4.78, 5) is 43.6. The first kappa shape index (κ1) is 110. The summed E-state index contributed by atoms with van der Waals surface area (Å²) in [5.74, 6) is 2.14. The standard InChI is InChI=1S/C13H20N2O.C11H17NO.C10H12F3N.C10H15NO.3C10H15N.C9H11Cl2N.C9H12ClN.C9H12FN/c1-13(2,3)11-4-5-12(14-10-11)15-6-8-16-9-7-15;1-8-9(11(2,3)4)6-7-10(12-8)13-5;1-9(2,3)7-4-5-8(14-6-7)10(11,12)13;1-10(2,3)8-5-6-9(12-4)11-7-8;1-8-5-6-11-9(7-8)10(2,3)4;1-8-5-6-9(11-7-8)10(2,3)4;1-8-9(10(2,3)4)6-5-7-11-8;1-9(2,3)7-4-6(10)5-12-8(7)11;1-9(2,3)7-4-5-8(10)11-6-7;1-9(2,3)8-5-4-7(10)6-11-8/h4-5,10H,6-9H2,1-3H3;6-7H,1-5H3;4-6H,1-3H3;5-7H,1-4H3;3*5-7H,1-4H3;4-5H,1-3H3;2*4-6H,1-3H3. The minimum absolute atomic E-state index is 0.00498. The van der Waals surface area contributed by atoms with Gasteiger partial charge in [0, 0.05) is 120 Å². The van der Waals surface area contributed by atoms with E-state index in [0.717, 1.165) is 77.8 Å². The minimum atomic E-state index is -4.35. The number of rotatable bonds is 3. The third-order valence-corrected chi connectivity index (χ3v) is 19.4. The van der Waals surface area contributed by atoms with Crippen molar-refractivity contribution in [2.75, 3.05) is 45.4 Å². The zero-order chi connectivity index (χ0) is 93.6. The fourth-order valence-corrected chi connectivity index (χ4v) is 11.6. The van der Waals surface area contributed by atoms with E-state index < -0.39 is 11.9 Å². The van der Waals surface area contributed by atoms with Gasteiger partial charge in [-0.3, -0.25) is 24.9 Å². The second-order valence-corrected chi connectivity index (χ2v) is 41.5. The molecule has 0 radical (unpaired) electrons. The van der Waals surface area contributed by atoms with E-state index in [1.165, 1.54) is 63.5 Å². The molecule has 0 atom stereocenters. The van der Waals surface area contributed by atoms with E-state index in [2.05, 4.69) is 284 Å². The van der Waals surface area contributed by atoms with Crippen molar-refractivity contribution in [3.05, 3.63) is 276 Å². The number of pyridine rings is 10. The Morgan fingerprint density at radius 3 is 1.12 bits per heavy atom. The largest absolute Gasteiger partial charge is 0.481 e. The van der Waals surface area contributed by atoms with E-state index in [0.29, 0.717) is 27.1 Å². The van der Waals surface area contributed by atoms with Gasteiger partial charge in [-0.1, -0.05) is 285 Å². The van der Waals surface area contributed by atoms with Crippen LogP contribution in [0.3, 0.4) is 0 Å². The van der Waals surface area contributed by atoms with Gasteiger partial charge < -0.3 is 19.1 Å². The molecule has 1 aliphatic rings. The Bertz CT molecular complexity index is 4500. The fourth-order valence-electron chi connectivity index (χ4n) is 10.9. The second kappa shape index (κ2) is 47.5. The van der Waals surface area contributed by atoms with Gasteiger partial charge in [0.05, 0.1) is 38.7 Å². The lowest BCUT2D eigenvalue weighted by molar-refractivity contribution is -0.141. The average molecular weight is 1740 g/mol. The van der Waals surface area contributed by atoms with Crippen molar-refractivity contribution in [2.24, 2.45) is 0 Å². The van der Waals surface area contributed by atoms with Gasteiger partial charge in [-0.15, -0.1) is 0 Å². The lowest BCUT2D eigenvalue weighted by Crippen LogP contribution is -2.36. The Morgan fingerprint density at radius 2 is 0.779 bits per heavy atom. The molecule has 1 fully saturated rings. The summed E-state index contributed by atoms with van der Waals surface area (Å²) in [6.45, 7) is 75.7. The zero-order valence-corrected chi connectivity index (χ0v) is 82.6. The molecular weight excluding hydrogens is 1600 g/mol. The number of halogens is 7. The maximum absolute atomic E-state index is 12.4. The van der Waals surface area contributed by atoms with Crippen LogP contribution in [0.15, 0.2) is 171 Å². The molecule has 670 valence electrons. The van der Waals surface area contributed by atoms with E-state index in [-0.39, 0.29) is 60.0 Å². The predicted molar refractivity (Wildman–Crippen MR) is 504 cm³/mol. The number of nitrogens with zero attached hydrogens (tertiary/aromatic N) is 11. The molecule has 0 N–H and O–H groups in total. The van der Waals surface area contributed by atoms with Crippen LogP contribution in [0.5, 0.6) is 11.8 Å². The Hall–Kier alpha value is -8.55. The van der Waals surface area contributed by atoms with Crippen LogP contribution in [-0.2, 0) is 65.1 Å². The number of ether oxygens (including phenoxy) is 3. The molecule has 21 heteroatoms. The Kier molecular flexibility index (Phi) is 42.7. The molecule has 0 saturated carbocycles. The topological polar surface area (TPSA) is 160 Å². The highest BCUT2D eigenvalue weighted by Gasteiger charge is 2.33. The SMILES string of the molecule is CC(C)(C)c1cc(Cl)cnc1Cl.CC(C)(C)c1ccc(C(F)(F)F)nc1.CC(C)(C)c1ccc(Cl)nc1.CC(C)(C)c1ccc(F)cn1.CC(C)(C)c1ccc(N2CCOCC2)nc1.COc1ccc(C(C)(C)C)c(C)n1.COc1ccc(C(C)(C)C)cn1.Cc1ccc(C(C)(C)C)nc1.Cc1ccnc(C(C)(C)C)c1.Cc1ncccc1C(C)(C)C. The Balaban J connectivity index is 0.000000460. The fraction of sp³-hybridized carbons (Fsp3) is 0.505. The molecule has 0 unspecified atom stereocenters. The first-order valence-corrected chi connectivity index (χ1v) is 42.5. The van der Waals surface area contributed by atoms with Crippen molar-refractivity contribution in [1.29, 1.82) is 0 Å². The maximum Gasteiger partial charge on any atom is 0.433 e. The van der Waals surface area contributed by atoms with Crippen LogP contribution >= 0.6 is 34.8 Å². The van der Waals surface area contributed by atoms with Crippen LogP contribution in [0, 0.1) is 33.5 Å². The third kappa shape index (κ3) is 41.8. The highest BCUT2D eigenvalue weighted by Crippen LogP contribution is 2.34. The summed E-state index contributed by atoms with van der Waals surface area (Å²) in [7, 11) is 3.26. The molecule has 0 aromatic carbocycles. The lowest BCUT2D eigenvalue weighted by atomic mass is 9.86. The van der Waals surface area contributed by atoms with E-state index in [9.17, 15) is 17.6 Å². The van der Waals surface area contributed by atoms with Crippen LogP contribution in [-0.4, -0.2) is 90.4 Å². The normalized spacial score (nSPS) is 12.5. The van der Waals surface area contributed by atoms with Gasteiger partial charge in [-0.05, 0) is 176 Å². The summed E-state index contributed by atoms with van der Waals surface area (Å²) in [5, 5.41) is 1.72. The van der Waals surface area contributed by atoms with Gasteiger partial charge in [0.2, 0.25) is 11.8 Å². The van der Waals surface area contributed by atoms with Gasteiger partial charge in [-0.2, -0.15) is 13.2 Å². The molecule has 1 aliphatic heterocycles. The first-order chi connectivity index (χ1) is 55.7. The number of aryl methyl sites for hydroxylation is 4. The summed E-state index contributed by atoms with van der Waals surface area (Å²) in [5.41, 5.74) is 16.2. The summed E-state index contributed by atoms with van der Waals surface area (Å²) >= 11 is 17.4. The smallest absolute Gasteiger partial charge is 0.433 e. The monoisotopic (exact) mass is 1740 g/mol. The molecule has 0 amide bonds. The maximum atomic E-state index is 12.4. The number of aromatic nitrogens is 10. The number of morpholine rings is 1. The summed E-state index contributed by atoms with van der Waals surface area (Å²) < 4.78 is 64.2. The van der Waals surface area contributed by atoms with Gasteiger partial charge in [0.25, 0.3) is 0 Å². The molecule has 0 bridgehead atoms. The minimum Gasteiger partial charge on any atom is -0.481 e. The number of anilines is 1. The second-order valence-electron chi connectivity index (χ2n) is 40.3. The van der Waals surface area contributed by atoms with Crippen molar-refractivity contribution < 1.29 is 31.8 Å². The molecule has 122 heavy (non-hydrogen) atoms. The van der Waals surface area contributed by atoms with Crippen LogP contribution in [0.1, 0.15) is 292 Å². The molecule has 0 spiro atoms. The van der Waals surface area contributed by atoms with E-state index in [4.69, 9.17) is 49.0 Å². The third-order valence-electron chi connectivity index (χ3n) is 18.6. The molecule has 0 aliphatic carbocycles. The summed E-state index contributed by atoms with van der Waals surface area (Å²) in [6.07, 6.45) is 11.0. The van der Waals surface area contributed by atoms with Gasteiger partial charge in [-0.25, -0.2) is 29.3 Å². The number of methoxy groups -OCH3 is 2. The zero-order valence-electron chi connectivity index (χ0n) is 80.3. The van der Waals surface area contributed by atoms with E-state index >= 15 is 0 Å². The molecule has 10 aromatic rings. The van der Waals surface area contributed by atoms with Crippen molar-refractivity contribution in [3.8, 4) is 11.8 Å². The van der Waals surface area contributed by atoms with Crippen molar-refractivity contribution in [2.45, 2.75) is 296 Å². The highest BCUT2D eigenvalue weighted by molar-refractivity contribution is 6.32. The van der Waals surface area contributed by atoms with E-state index in [1.54, 1.807) is 26.5 Å². The quantitative estimate of drug-likeness (QED) is 0.121. The van der Waals surface area contributed by atoms with Crippen LogP contribution < -0.4 is 14.4 Å². The summed E-state index contributed by atoms with van der Waals surface area (Å²) in [6, 6.07) is 36.0. The number of alkyl halides is 3. The molecule has 11 rings (SSSR count). The Morgan fingerprint density at radius 1 is 0.344 bits per heavy atom. The van der Waals surface area contributed by atoms with Gasteiger partial charge in [0.15, 0.2) is 0 Å². The first-order valence-electron chi connectivity index (χ1n) is 41.4. The van der Waals surface area contributed by atoms with Crippen molar-refractivity contribution >= 4 is 40.6 Å². The predicted octanol–water partition coefficient (Wildman–Crippen LogP) is 28.0. The lowest BCUT2D eigenvalue weighted by Gasteiger charge is -2.28. The highest BCUT2D eigenvalue weighted by atomic mass is 35.5. The molecule has 14 nitrogen and oxygen atoms in total. The van der Waals surface area contributed by atoms with Crippen LogP contribution in [0.2, 0.25) is 15.3 Å². The molecular formula is C101H144Cl3F4N11O3. The van der Waals surface area contributed by atoms with Crippen molar-refractivity contribution in [3.63, 3.8) is 0 Å². The van der Waals surface area contributed by atoms with Crippen LogP contribution in [0.4, 0.5) is 23.4 Å². The number of hydrogen-bond acceptors (Lipinski definition) is 14. The van der Waals surface area contributed by atoms with Gasteiger partial charge in [0.1, 0.15) is 27.6 Å². The number of hydrogen-bond donors (Lipinski definition) is 0. The molecule has 10 aromatic heterocycles. The van der Waals surface area contributed by atoms with Crippen LogP contribution in [0.25, 0.3) is 0 Å². The average Bonchev–Trinajstić information content (AvgIpc) is 0.817. The molecule has 11 heterocycles.